The largest absolute Gasteiger partial charge is 0.489 e. The predicted octanol–water partition coefficient (Wildman–Crippen LogP) is 4.96. The summed E-state index contributed by atoms with van der Waals surface area (Å²) < 4.78 is 17.5. The van der Waals surface area contributed by atoms with Gasteiger partial charge in [0.25, 0.3) is 5.91 Å². The summed E-state index contributed by atoms with van der Waals surface area (Å²) in [7, 11) is 0. The van der Waals surface area contributed by atoms with E-state index in [4.69, 9.17) is 25.8 Å². The molecular formula is C30H37ClN2O5. The highest BCUT2D eigenvalue weighted by Crippen LogP contribution is 2.39. The van der Waals surface area contributed by atoms with Gasteiger partial charge in [-0.15, -0.1) is 0 Å². The summed E-state index contributed by atoms with van der Waals surface area (Å²) in [4.78, 5) is 28.0. The van der Waals surface area contributed by atoms with Crippen molar-refractivity contribution >= 4 is 23.4 Å². The molecule has 0 radical (unpaired) electrons. The number of fused-ring (bicyclic) bond motifs is 2. The van der Waals surface area contributed by atoms with E-state index in [-0.39, 0.29) is 23.7 Å². The zero-order valence-electron chi connectivity index (χ0n) is 22.1. The first kappa shape index (κ1) is 26.7. The van der Waals surface area contributed by atoms with Crippen LogP contribution in [0.4, 0.5) is 0 Å². The quantitative estimate of drug-likeness (QED) is 0.582. The van der Waals surface area contributed by atoms with Crippen LogP contribution in [0.5, 0.6) is 17.2 Å². The summed E-state index contributed by atoms with van der Waals surface area (Å²) in [6.45, 7) is 4.92. The number of nitrogens with one attached hydrogen (secondary N) is 1. The molecule has 0 aliphatic carbocycles. The third kappa shape index (κ3) is 6.20. The lowest BCUT2D eigenvalue weighted by atomic mass is 9.74. The molecule has 3 heterocycles. The van der Waals surface area contributed by atoms with Crippen LogP contribution in [0.1, 0.15) is 56.6 Å². The highest BCUT2D eigenvalue weighted by Gasteiger charge is 2.36. The van der Waals surface area contributed by atoms with Crippen LogP contribution in [0.2, 0.25) is 5.02 Å². The molecular weight excluding hydrogens is 504 g/mol. The summed E-state index contributed by atoms with van der Waals surface area (Å²) in [5.41, 5.74) is 1.97. The van der Waals surface area contributed by atoms with E-state index in [0.29, 0.717) is 49.4 Å². The molecule has 8 heteroatoms. The van der Waals surface area contributed by atoms with Gasteiger partial charge in [-0.2, -0.15) is 0 Å². The Hall–Kier alpha value is -2.93. The van der Waals surface area contributed by atoms with Gasteiger partial charge in [0.2, 0.25) is 5.91 Å². The van der Waals surface area contributed by atoms with Gasteiger partial charge in [-0.1, -0.05) is 36.2 Å². The van der Waals surface area contributed by atoms with Crippen LogP contribution >= 0.6 is 11.6 Å². The maximum atomic E-state index is 13.2. The number of nitrogens with zero attached hydrogens (tertiary/aromatic N) is 1. The van der Waals surface area contributed by atoms with Crippen LogP contribution < -0.4 is 19.5 Å². The Kier molecular flexibility index (Phi) is 8.32. The fourth-order valence-corrected chi connectivity index (χ4v) is 6.01. The number of aryl methyl sites for hydroxylation is 1. The molecule has 38 heavy (non-hydrogen) atoms. The lowest BCUT2D eigenvalue weighted by Gasteiger charge is -2.42. The summed E-state index contributed by atoms with van der Waals surface area (Å²) >= 11 is 6.44. The number of rotatable bonds is 2. The van der Waals surface area contributed by atoms with E-state index >= 15 is 0 Å². The molecule has 1 spiro atoms. The number of hydrogen-bond acceptors (Lipinski definition) is 5. The number of ether oxygens (including phenoxy) is 3. The summed E-state index contributed by atoms with van der Waals surface area (Å²) in [6, 6.07) is 11.7. The molecule has 0 aromatic heterocycles. The Bertz CT molecular complexity index is 1160. The molecule has 2 aromatic rings. The average molecular weight is 541 g/mol. The van der Waals surface area contributed by atoms with E-state index in [0.717, 1.165) is 61.8 Å². The SMILES string of the molecule is C[C@H]1Oc2ccccc2CCCCC2(CCN(C(=O)Cc3cc(Cl)c4c(c3)OCCCO4)CC2)CNC1=O. The van der Waals surface area contributed by atoms with Crippen LogP contribution in [0.15, 0.2) is 36.4 Å². The second-order valence-corrected chi connectivity index (χ2v) is 11.2. The molecule has 1 saturated heterocycles. The van der Waals surface area contributed by atoms with Crippen molar-refractivity contribution in [3.8, 4) is 17.2 Å². The fourth-order valence-electron chi connectivity index (χ4n) is 5.72. The monoisotopic (exact) mass is 540 g/mol. The van der Waals surface area contributed by atoms with Gasteiger partial charge in [0.15, 0.2) is 17.6 Å². The number of benzene rings is 2. The zero-order valence-corrected chi connectivity index (χ0v) is 22.9. The summed E-state index contributed by atoms with van der Waals surface area (Å²) in [5.74, 6) is 1.96. The molecule has 3 aliphatic heterocycles. The van der Waals surface area contributed by atoms with Gasteiger partial charge in [0.1, 0.15) is 5.75 Å². The van der Waals surface area contributed by atoms with Crippen LogP contribution in [-0.4, -0.2) is 55.7 Å². The van der Waals surface area contributed by atoms with Crippen LogP contribution in [0.25, 0.3) is 0 Å². The van der Waals surface area contributed by atoms with Gasteiger partial charge in [-0.25, -0.2) is 0 Å². The average Bonchev–Trinajstić information content (AvgIpc) is 3.16. The van der Waals surface area contributed by atoms with Crippen molar-refractivity contribution in [2.45, 2.75) is 64.4 Å². The Morgan fingerprint density at radius 1 is 1.05 bits per heavy atom. The van der Waals surface area contributed by atoms with Crippen molar-refractivity contribution in [3.05, 3.63) is 52.5 Å². The van der Waals surface area contributed by atoms with Crippen LogP contribution in [0, 0.1) is 5.41 Å². The second kappa shape index (κ2) is 11.9. The maximum absolute atomic E-state index is 13.2. The smallest absolute Gasteiger partial charge is 0.260 e. The van der Waals surface area contributed by atoms with Crippen LogP contribution in [0.3, 0.4) is 0 Å². The topological polar surface area (TPSA) is 77.1 Å². The standard InChI is InChI=1S/C30H37ClN2O5/c1-21-29(35)32-20-30(10-5-4-8-23-7-2-3-9-25(23)38-21)11-13-33(14-12-30)27(34)19-22-17-24(31)28-26(18-22)36-15-6-16-37-28/h2-3,7,9,17-18,21H,4-6,8,10-16,19-20H2,1H3,(H,32,35)/t21-/m1/s1. The molecule has 2 aromatic carbocycles. The number of piperidine rings is 1. The molecule has 204 valence electrons. The van der Waals surface area contributed by atoms with E-state index in [9.17, 15) is 9.59 Å². The van der Waals surface area contributed by atoms with E-state index in [1.54, 1.807) is 6.92 Å². The number of carbonyl (C=O) groups excluding carboxylic acids is 2. The van der Waals surface area contributed by atoms with Crippen molar-refractivity contribution in [1.82, 2.24) is 10.2 Å². The number of amides is 2. The molecule has 5 rings (SSSR count). The maximum Gasteiger partial charge on any atom is 0.260 e. The van der Waals surface area contributed by atoms with Crippen LogP contribution in [-0.2, 0) is 22.4 Å². The minimum Gasteiger partial charge on any atom is -0.489 e. The Balaban J connectivity index is 1.21. The summed E-state index contributed by atoms with van der Waals surface area (Å²) in [6.07, 6.45) is 6.36. The zero-order chi connectivity index (χ0) is 26.5. The Morgan fingerprint density at radius 2 is 1.84 bits per heavy atom. The van der Waals surface area contributed by atoms with Gasteiger partial charge in [-0.3, -0.25) is 9.59 Å². The molecule has 1 atom stereocenters. The van der Waals surface area contributed by atoms with E-state index in [1.807, 2.05) is 35.2 Å². The number of carbonyl (C=O) groups is 2. The van der Waals surface area contributed by atoms with E-state index < -0.39 is 6.10 Å². The lowest BCUT2D eigenvalue weighted by Crippen LogP contribution is -2.49. The van der Waals surface area contributed by atoms with Crippen molar-refractivity contribution < 1.29 is 23.8 Å². The third-order valence-electron chi connectivity index (χ3n) is 8.08. The van der Waals surface area contributed by atoms with Crippen molar-refractivity contribution in [2.75, 3.05) is 32.8 Å². The minimum absolute atomic E-state index is 0.0105. The molecule has 0 saturated carbocycles. The minimum atomic E-state index is -0.559. The first-order valence-electron chi connectivity index (χ1n) is 13.8. The van der Waals surface area contributed by atoms with Crippen molar-refractivity contribution in [1.29, 1.82) is 0 Å². The number of likely N-dealkylation sites (tertiary alicyclic amines) is 1. The van der Waals surface area contributed by atoms with Gasteiger partial charge < -0.3 is 24.4 Å². The van der Waals surface area contributed by atoms with Gasteiger partial charge >= 0.3 is 0 Å². The third-order valence-corrected chi connectivity index (χ3v) is 8.36. The number of para-hydroxylation sites is 1. The Morgan fingerprint density at radius 3 is 2.68 bits per heavy atom. The first-order chi connectivity index (χ1) is 18.4. The van der Waals surface area contributed by atoms with Crippen molar-refractivity contribution in [2.24, 2.45) is 5.41 Å². The number of hydrogen-bond donors (Lipinski definition) is 1. The van der Waals surface area contributed by atoms with E-state index in [2.05, 4.69) is 11.4 Å². The predicted molar refractivity (Wildman–Crippen MR) is 146 cm³/mol. The van der Waals surface area contributed by atoms with E-state index in [1.165, 1.54) is 0 Å². The fraction of sp³-hybridized carbons (Fsp3) is 0.533. The molecule has 3 aliphatic rings. The molecule has 1 fully saturated rings. The van der Waals surface area contributed by atoms with Gasteiger partial charge in [-0.05, 0) is 73.8 Å². The Labute approximate surface area is 229 Å². The van der Waals surface area contributed by atoms with Crippen molar-refractivity contribution in [3.63, 3.8) is 0 Å². The molecule has 2 amide bonds. The van der Waals surface area contributed by atoms with Gasteiger partial charge in [0, 0.05) is 26.1 Å². The highest BCUT2D eigenvalue weighted by atomic mass is 35.5. The molecule has 1 N–H and O–H groups in total. The molecule has 0 bridgehead atoms. The first-order valence-corrected chi connectivity index (χ1v) is 14.2. The number of halogens is 1. The normalized spacial score (nSPS) is 21.7. The second-order valence-electron chi connectivity index (χ2n) is 10.8. The summed E-state index contributed by atoms with van der Waals surface area (Å²) in [5, 5.41) is 3.64. The molecule has 7 nitrogen and oxygen atoms in total. The highest BCUT2D eigenvalue weighted by molar-refractivity contribution is 6.32. The lowest BCUT2D eigenvalue weighted by molar-refractivity contribution is -0.134. The van der Waals surface area contributed by atoms with Gasteiger partial charge in [0.05, 0.1) is 24.7 Å². The molecule has 0 unspecified atom stereocenters.